The predicted octanol–water partition coefficient (Wildman–Crippen LogP) is 3.17. The second kappa shape index (κ2) is 3.54. The van der Waals surface area contributed by atoms with Crippen molar-refractivity contribution >= 4 is 0 Å². The molecule has 2 rings (SSSR count). The molecule has 0 aromatic heterocycles. The van der Waals surface area contributed by atoms with Gasteiger partial charge < -0.3 is 5.73 Å². The van der Waals surface area contributed by atoms with Crippen molar-refractivity contribution in [3.05, 3.63) is 23.8 Å². The Morgan fingerprint density at radius 3 is 2.86 bits per heavy atom. The SMILES string of the molecule is C=C1CC/C=C(\C)CCC2(N)CCC12. The Hall–Kier alpha value is -0.560. The van der Waals surface area contributed by atoms with Gasteiger partial charge in [-0.1, -0.05) is 23.8 Å². The van der Waals surface area contributed by atoms with E-state index in [1.807, 2.05) is 0 Å². The molecule has 0 radical (unpaired) electrons. The lowest BCUT2D eigenvalue weighted by molar-refractivity contribution is 0.146. The molecule has 2 atom stereocenters. The average molecular weight is 191 g/mol. The standard InChI is InChI=1S/C13H21N/c1-10-4-3-5-11(2)12-7-9-13(12,14)8-6-10/h4,12H,2-3,5-9,14H2,1H3/b10-4+. The van der Waals surface area contributed by atoms with Crippen LogP contribution in [0.2, 0.25) is 0 Å². The molecule has 0 amide bonds. The van der Waals surface area contributed by atoms with Crippen LogP contribution in [-0.2, 0) is 0 Å². The molecular weight excluding hydrogens is 170 g/mol. The van der Waals surface area contributed by atoms with Crippen LogP contribution >= 0.6 is 0 Å². The summed E-state index contributed by atoms with van der Waals surface area (Å²) in [7, 11) is 0. The van der Waals surface area contributed by atoms with Crippen molar-refractivity contribution in [3.8, 4) is 0 Å². The van der Waals surface area contributed by atoms with Gasteiger partial charge in [0.2, 0.25) is 0 Å². The summed E-state index contributed by atoms with van der Waals surface area (Å²) in [5, 5.41) is 0. The summed E-state index contributed by atoms with van der Waals surface area (Å²) in [4.78, 5) is 0. The van der Waals surface area contributed by atoms with Crippen molar-refractivity contribution < 1.29 is 0 Å². The second-order valence-electron chi connectivity index (χ2n) is 5.07. The fourth-order valence-corrected chi connectivity index (χ4v) is 2.78. The molecule has 2 N–H and O–H groups in total. The summed E-state index contributed by atoms with van der Waals surface area (Å²) in [6, 6.07) is 0. The summed E-state index contributed by atoms with van der Waals surface area (Å²) in [6.45, 7) is 6.43. The summed E-state index contributed by atoms with van der Waals surface area (Å²) in [5.74, 6) is 0.613. The molecule has 0 spiro atoms. The topological polar surface area (TPSA) is 26.0 Å². The first-order chi connectivity index (χ1) is 6.62. The molecule has 2 aliphatic carbocycles. The number of rotatable bonds is 0. The number of hydrogen-bond acceptors (Lipinski definition) is 1. The highest BCUT2D eigenvalue weighted by Gasteiger charge is 2.43. The minimum absolute atomic E-state index is 0.0938. The molecule has 1 fully saturated rings. The minimum Gasteiger partial charge on any atom is -0.325 e. The normalized spacial score (nSPS) is 42.3. The second-order valence-corrected chi connectivity index (χ2v) is 5.07. The maximum absolute atomic E-state index is 6.41. The Morgan fingerprint density at radius 1 is 1.43 bits per heavy atom. The number of fused-ring (bicyclic) bond motifs is 1. The Morgan fingerprint density at radius 2 is 2.21 bits per heavy atom. The van der Waals surface area contributed by atoms with Crippen LogP contribution in [0, 0.1) is 5.92 Å². The van der Waals surface area contributed by atoms with E-state index in [2.05, 4.69) is 19.6 Å². The van der Waals surface area contributed by atoms with E-state index in [-0.39, 0.29) is 5.54 Å². The maximum Gasteiger partial charge on any atom is 0.0223 e. The molecular formula is C13H21N. The number of hydrogen-bond donors (Lipinski definition) is 1. The Balaban J connectivity index is 2.13. The van der Waals surface area contributed by atoms with Gasteiger partial charge in [-0.3, -0.25) is 0 Å². The van der Waals surface area contributed by atoms with Crippen LogP contribution in [0.5, 0.6) is 0 Å². The summed E-state index contributed by atoms with van der Waals surface area (Å²) in [6.07, 6.45) is 9.47. The van der Waals surface area contributed by atoms with Crippen LogP contribution in [0.25, 0.3) is 0 Å². The van der Waals surface area contributed by atoms with Gasteiger partial charge >= 0.3 is 0 Å². The predicted molar refractivity (Wildman–Crippen MR) is 61.0 cm³/mol. The average Bonchev–Trinajstić information content (AvgIpc) is 2.13. The van der Waals surface area contributed by atoms with E-state index in [4.69, 9.17) is 5.73 Å². The molecule has 0 bridgehead atoms. The third kappa shape index (κ3) is 1.66. The zero-order valence-electron chi connectivity index (χ0n) is 9.18. The lowest BCUT2D eigenvalue weighted by Crippen LogP contribution is -2.55. The van der Waals surface area contributed by atoms with Crippen molar-refractivity contribution in [1.29, 1.82) is 0 Å². The van der Waals surface area contributed by atoms with Gasteiger partial charge in [-0.05, 0) is 51.4 Å². The van der Waals surface area contributed by atoms with Crippen LogP contribution < -0.4 is 5.73 Å². The zero-order valence-corrected chi connectivity index (χ0v) is 9.18. The van der Waals surface area contributed by atoms with Crippen LogP contribution in [0.1, 0.15) is 45.4 Å². The van der Waals surface area contributed by atoms with E-state index in [0.29, 0.717) is 5.92 Å². The number of allylic oxidation sites excluding steroid dienone is 2. The third-order valence-electron chi connectivity index (χ3n) is 4.03. The quantitative estimate of drug-likeness (QED) is 0.585. The van der Waals surface area contributed by atoms with Gasteiger partial charge in [-0.15, -0.1) is 0 Å². The van der Waals surface area contributed by atoms with Crippen LogP contribution in [0.3, 0.4) is 0 Å². The largest absolute Gasteiger partial charge is 0.325 e. The van der Waals surface area contributed by atoms with Crippen LogP contribution in [0.15, 0.2) is 23.8 Å². The monoisotopic (exact) mass is 191 g/mol. The Bertz CT molecular complexity index is 277. The lowest BCUT2D eigenvalue weighted by atomic mass is 9.62. The van der Waals surface area contributed by atoms with Gasteiger partial charge in [0.15, 0.2) is 0 Å². The highest BCUT2D eigenvalue weighted by atomic mass is 14.8. The molecule has 1 nitrogen and oxygen atoms in total. The minimum atomic E-state index is 0.0938. The first kappa shape index (κ1) is 9.97. The molecule has 2 unspecified atom stereocenters. The summed E-state index contributed by atoms with van der Waals surface area (Å²) < 4.78 is 0. The maximum atomic E-state index is 6.41. The molecule has 14 heavy (non-hydrogen) atoms. The van der Waals surface area contributed by atoms with E-state index in [1.165, 1.54) is 30.4 Å². The smallest absolute Gasteiger partial charge is 0.0223 e. The molecule has 0 aromatic rings. The summed E-state index contributed by atoms with van der Waals surface area (Å²) >= 11 is 0. The zero-order chi connectivity index (χ0) is 10.2. The highest BCUT2D eigenvalue weighted by molar-refractivity contribution is 5.19. The fraction of sp³-hybridized carbons (Fsp3) is 0.692. The van der Waals surface area contributed by atoms with Gasteiger partial charge in [0.05, 0.1) is 0 Å². The Kier molecular flexibility index (Phi) is 2.52. The molecule has 1 heteroatoms. The van der Waals surface area contributed by atoms with Crippen molar-refractivity contribution in [2.45, 2.75) is 51.0 Å². The van der Waals surface area contributed by atoms with Gasteiger partial charge in [-0.2, -0.15) is 0 Å². The molecule has 0 aliphatic heterocycles. The Labute approximate surface area is 87.1 Å². The van der Waals surface area contributed by atoms with E-state index in [9.17, 15) is 0 Å². The van der Waals surface area contributed by atoms with Gasteiger partial charge in [-0.25, -0.2) is 0 Å². The molecule has 0 saturated heterocycles. The van der Waals surface area contributed by atoms with E-state index in [1.54, 1.807) is 0 Å². The summed E-state index contributed by atoms with van der Waals surface area (Å²) in [5.41, 5.74) is 9.41. The van der Waals surface area contributed by atoms with Gasteiger partial charge in [0.1, 0.15) is 0 Å². The van der Waals surface area contributed by atoms with E-state index < -0.39 is 0 Å². The van der Waals surface area contributed by atoms with Crippen molar-refractivity contribution in [1.82, 2.24) is 0 Å². The molecule has 0 aromatic carbocycles. The highest BCUT2D eigenvalue weighted by Crippen LogP contribution is 2.46. The number of nitrogens with two attached hydrogens (primary N) is 1. The third-order valence-corrected chi connectivity index (χ3v) is 4.03. The van der Waals surface area contributed by atoms with Crippen molar-refractivity contribution in [2.24, 2.45) is 11.7 Å². The van der Waals surface area contributed by atoms with Crippen molar-refractivity contribution in [2.75, 3.05) is 0 Å². The molecule has 2 aliphatic rings. The lowest BCUT2D eigenvalue weighted by Gasteiger charge is -2.48. The molecule has 1 saturated carbocycles. The molecule has 0 heterocycles. The van der Waals surface area contributed by atoms with Crippen LogP contribution in [-0.4, -0.2) is 5.54 Å². The van der Waals surface area contributed by atoms with Gasteiger partial charge in [0.25, 0.3) is 0 Å². The van der Waals surface area contributed by atoms with E-state index >= 15 is 0 Å². The first-order valence-electron chi connectivity index (χ1n) is 5.74. The molecule has 78 valence electrons. The van der Waals surface area contributed by atoms with Crippen LogP contribution in [0.4, 0.5) is 0 Å². The van der Waals surface area contributed by atoms with Gasteiger partial charge in [0, 0.05) is 5.54 Å². The first-order valence-corrected chi connectivity index (χ1v) is 5.74. The van der Waals surface area contributed by atoms with E-state index in [0.717, 1.165) is 19.3 Å². The fourth-order valence-electron chi connectivity index (χ4n) is 2.78. The van der Waals surface area contributed by atoms with Crippen molar-refractivity contribution in [3.63, 3.8) is 0 Å².